The van der Waals surface area contributed by atoms with E-state index in [4.69, 9.17) is 4.74 Å². The molecule has 2 heterocycles. The molecule has 1 aliphatic rings. The average Bonchev–Trinajstić information content (AvgIpc) is 3.03. The summed E-state index contributed by atoms with van der Waals surface area (Å²) < 4.78 is 6.70. The smallest absolute Gasteiger partial charge is 0.310 e. The van der Waals surface area contributed by atoms with Gasteiger partial charge in [0.2, 0.25) is 0 Å². The van der Waals surface area contributed by atoms with Crippen LogP contribution in [0, 0.1) is 11.8 Å². The fourth-order valence-corrected chi connectivity index (χ4v) is 2.64. The zero-order valence-corrected chi connectivity index (χ0v) is 11.6. The maximum atomic E-state index is 12.4. The quantitative estimate of drug-likeness (QED) is 0.775. The lowest BCUT2D eigenvalue weighted by Crippen LogP contribution is -2.31. The van der Waals surface area contributed by atoms with Crippen molar-refractivity contribution < 1.29 is 14.3 Å². The normalized spacial score (nSPS) is 22.6. The van der Waals surface area contributed by atoms with Crippen molar-refractivity contribution >= 4 is 11.9 Å². The summed E-state index contributed by atoms with van der Waals surface area (Å²) in [5, 5.41) is 0. The van der Waals surface area contributed by atoms with Gasteiger partial charge in [-0.3, -0.25) is 9.59 Å². The molecule has 1 aromatic rings. The lowest BCUT2D eigenvalue weighted by molar-refractivity contribution is -0.146. The van der Waals surface area contributed by atoms with Crippen molar-refractivity contribution in [2.75, 3.05) is 20.2 Å². The summed E-state index contributed by atoms with van der Waals surface area (Å²) in [5.74, 6) is -0.306. The Morgan fingerprint density at radius 2 is 2.16 bits per heavy atom. The lowest BCUT2D eigenvalue weighted by atomic mass is 9.99. The average molecular weight is 264 g/mol. The van der Waals surface area contributed by atoms with Crippen LogP contribution < -0.4 is 0 Å². The Hall–Kier alpha value is -1.78. The molecule has 0 saturated carbocycles. The monoisotopic (exact) mass is 264 g/mol. The summed E-state index contributed by atoms with van der Waals surface area (Å²) in [6.45, 7) is 5.79. The molecule has 0 radical (unpaired) electrons. The molecule has 0 bridgehead atoms. The highest BCUT2D eigenvalue weighted by Crippen LogP contribution is 2.25. The van der Waals surface area contributed by atoms with Gasteiger partial charge in [0, 0.05) is 25.8 Å². The number of aryl methyl sites for hydroxylation is 1. The van der Waals surface area contributed by atoms with Gasteiger partial charge in [-0.2, -0.15) is 0 Å². The van der Waals surface area contributed by atoms with Crippen LogP contribution in [0.1, 0.15) is 24.3 Å². The molecule has 0 aromatic carbocycles. The van der Waals surface area contributed by atoms with Crippen molar-refractivity contribution in [3.63, 3.8) is 0 Å². The predicted molar refractivity (Wildman–Crippen MR) is 70.7 cm³/mol. The third kappa shape index (κ3) is 2.50. The van der Waals surface area contributed by atoms with Gasteiger partial charge >= 0.3 is 5.97 Å². The van der Waals surface area contributed by atoms with Gasteiger partial charge in [0.25, 0.3) is 5.91 Å². The molecule has 104 valence electrons. The molecule has 1 aromatic heterocycles. The van der Waals surface area contributed by atoms with Crippen LogP contribution in [0.3, 0.4) is 0 Å². The van der Waals surface area contributed by atoms with E-state index in [1.54, 1.807) is 4.90 Å². The maximum absolute atomic E-state index is 12.4. The van der Waals surface area contributed by atoms with E-state index in [9.17, 15) is 9.59 Å². The number of carbonyl (C=O) groups excluding carboxylic acids is 2. The van der Waals surface area contributed by atoms with Gasteiger partial charge in [-0.05, 0) is 25.0 Å². The van der Waals surface area contributed by atoms with E-state index in [0.29, 0.717) is 18.8 Å². The predicted octanol–water partition coefficient (Wildman–Crippen LogP) is 1.39. The van der Waals surface area contributed by atoms with Gasteiger partial charge in [0.15, 0.2) is 0 Å². The van der Waals surface area contributed by atoms with Gasteiger partial charge in [0.1, 0.15) is 5.69 Å². The van der Waals surface area contributed by atoms with Crippen LogP contribution in [0.2, 0.25) is 0 Å². The number of rotatable bonds is 3. The number of aromatic nitrogens is 1. The molecule has 19 heavy (non-hydrogen) atoms. The Morgan fingerprint density at radius 3 is 2.79 bits per heavy atom. The highest BCUT2D eigenvalue weighted by atomic mass is 16.5. The Bertz CT molecular complexity index is 481. The molecule has 1 amide bonds. The molecular weight excluding hydrogens is 244 g/mol. The number of esters is 1. The zero-order valence-electron chi connectivity index (χ0n) is 11.6. The molecule has 5 heteroatoms. The van der Waals surface area contributed by atoms with Crippen molar-refractivity contribution in [3.8, 4) is 0 Å². The second-order valence-electron chi connectivity index (χ2n) is 5.00. The minimum Gasteiger partial charge on any atom is -0.469 e. The van der Waals surface area contributed by atoms with E-state index in [2.05, 4.69) is 0 Å². The van der Waals surface area contributed by atoms with Crippen molar-refractivity contribution in [3.05, 3.63) is 24.0 Å². The van der Waals surface area contributed by atoms with E-state index in [1.807, 2.05) is 36.7 Å². The first-order valence-electron chi connectivity index (χ1n) is 6.60. The number of carbonyl (C=O) groups is 2. The zero-order chi connectivity index (χ0) is 14.0. The van der Waals surface area contributed by atoms with Crippen LogP contribution in [0.25, 0.3) is 0 Å². The van der Waals surface area contributed by atoms with Crippen LogP contribution in [0.4, 0.5) is 0 Å². The Morgan fingerprint density at radius 1 is 1.42 bits per heavy atom. The minimum atomic E-state index is -0.228. The summed E-state index contributed by atoms with van der Waals surface area (Å²) in [5.41, 5.74) is 0.681. The molecule has 2 atom stereocenters. The maximum Gasteiger partial charge on any atom is 0.310 e. The second-order valence-corrected chi connectivity index (χ2v) is 5.00. The summed E-state index contributed by atoms with van der Waals surface area (Å²) >= 11 is 0. The van der Waals surface area contributed by atoms with Gasteiger partial charge in [0.05, 0.1) is 13.0 Å². The minimum absolute atomic E-state index is 0.00916. The Kier molecular flexibility index (Phi) is 3.93. The van der Waals surface area contributed by atoms with E-state index in [1.165, 1.54) is 7.11 Å². The molecule has 2 rings (SSSR count). The largest absolute Gasteiger partial charge is 0.469 e. The number of hydrogen-bond donors (Lipinski definition) is 0. The summed E-state index contributed by atoms with van der Waals surface area (Å²) in [6.07, 6.45) is 1.89. The summed E-state index contributed by atoms with van der Waals surface area (Å²) in [7, 11) is 1.39. The molecule has 1 fully saturated rings. The first-order chi connectivity index (χ1) is 9.08. The Labute approximate surface area is 113 Å². The van der Waals surface area contributed by atoms with E-state index in [0.717, 1.165) is 6.54 Å². The van der Waals surface area contributed by atoms with Crippen LogP contribution in [0.15, 0.2) is 18.3 Å². The molecule has 0 N–H and O–H groups in total. The molecular formula is C14H20N2O3. The van der Waals surface area contributed by atoms with E-state index < -0.39 is 0 Å². The van der Waals surface area contributed by atoms with Crippen LogP contribution in [-0.2, 0) is 16.1 Å². The molecule has 1 saturated heterocycles. The van der Waals surface area contributed by atoms with Gasteiger partial charge in [-0.15, -0.1) is 0 Å². The van der Waals surface area contributed by atoms with Crippen molar-refractivity contribution in [1.82, 2.24) is 9.47 Å². The molecule has 5 nitrogen and oxygen atoms in total. The van der Waals surface area contributed by atoms with Crippen molar-refractivity contribution in [1.29, 1.82) is 0 Å². The number of ether oxygens (including phenoxy) is 1. The van der Waals surface area contributed by atoms with Crippen molar-refractivity contribution in [2.24, 2.45) is 11.8 Å². The molecule has 0 spiro atoms. The van der Waals surface area contributed by atoms with Gasteiger partial charge in [-0.1, -0.05) is 6.92 Å². The third-order valence-electron chi connectivity index (χ3n) is 3.79. The fraction of sp³-hybridized carbons (Fsp3) is 0.571. The Balaban J connectivity index is 2.12. The standard InChI is InChI=1S/C14H20N2O3/c1-4-15-7-5-6-12(15)13(17)16-8-10(2)11(9-16)14(18)19-3/h5-7,10-11H,4,8-9H2,1-3H3. The van der Waals surface area contributed by atoms with Gasteiger partial charge < -0.3 is 14.2 Å². The highest BCUT2D eigenvalue weighted by molar-refractivity contribution is 5.93. The highest BCUT2D eigenvalue weighted by Gasteiger charge is 2.38. The first-order valence-corrected chi connectivity index (χ1v) is 6.60. The summed E-state index contributed by atoms with van der Waals surface area (Å²) in [6, 6.07) is 3.69. The van der Waals surface area contributed by atoms with E-state index in [-0.39, 0.29) is 23.7 Å². The number of hydrogen-bond acceptors (Lipinski definition) is 3. The topological polar surface area (TPSA) is 51.5 Å². The van der Waals surface area contributed by atoms with Crippen LogP contribution >= 0.6 is 0 Å². The molecule has 1 aliphatic heterocycles. The van der Waals surface area contributed by atoms with Crippen molar-refractivity contribution in [2.45, 2.75) is 20.4 Å². The SMILES string of the molecule is CCn1cccc1C(=O)N1CC(C)C(C(=O)OC)C1. The molecule has 2 unspecified atom stereocenters. The molecule has 0 aliphatic carbocycles. The lowest BCUT2D eigenvalue weighted by Gasteiger charge is -2.17. The third-order valence-corrected chi connectivity index (χ3v) is 3.79. The van der Waals surface area contributed by atoms with Gasteiger partial charge in [-0.25, -0.2) is 0 Å². The number of methoxy groups -OCH3 is 1. The summed E-state index contributed by atoms with van der Waals surface area (Å²) in [4.78, 5) is 25.8. The van der Waals surface area contributed by atoms with Crippen LogP contribution in [-0.4, -0.2) is 41.5 Å². The number of amides is 1. The van der Waals surface area contributed by atoms with Crippen LogP contribution in [0.5, 0.6) is 0 Å². The second kappa shape index (κ2) is 5.47. The van der Waals surface area contributed by atoms with E-state index >= 15 is 0 Å². The number of nitrogens with zero attached hydrogens (tertiary/aromatic N) is 2. The fourth-order valence-electron chi connectivity index (χ4n) is 2.64. The first kappa shape index (κ1) is 13.6. The number of likely N-dealkylation sites (tertiary alicyclic amines) is 1.